The van der Waals surface area contributed by atoms with Crippen LogP contribution < -0.4 is 4.72 Å². The summed E-state index contributed by atoms with van der Waals surface area (Å²) in [5.41, 5.74) is 0. The predicted octanol–water partition coefficient (Wildman–Crippen LogP) is 2.77. The van der Waals surface area contributed by atoms with Crippen LogP contribution in [-0.2, 0) is 10.0 Å². The minimum atomic E-state index is -3.84. The van der Waals surface area contributed by atoms with Gasteiger partial charge in [-0.15, -0.1) is 11.6 Å². The fourth-order valence-electron chi connectivity index (χ4n) is 1.19. The summed E-state index contributed by atoms with van der Waals surface area (Å²) < 4.78 is 39.2. The van der Waals surface area contributed by atoms with Crippen LogP contribution in [0.15, 0.2) is 23.1 Å². The van der Waals surface area contributed by atoms with E-state index in [9.17, 15) is 12.8 Å². The van der Waals surface area contributed by atoms with Crippen molar-refractivity contribution in [1.29, 1.82) is 0 Å². The lowest BCUT2D eigenvalue weighted by Crippen LogP contribution is -2.35. The van der Waals surface area contributed by atoms with Crippen LogP contribution in [0, 0.1) is 5.82 Å². The Balaban J connectivity index is 3.09. The van der Waals surface area contributed by atoms with Gasteiger partial charge in [-0.3, -0.25) is 0 Å². The molecule has 1 N–H and O–H groups in total. The van der Waals surface area contributed by atoms with Gasteiger partial charge >= 0.3 is 0 Å². The van der Waals surface area contributed by atoms with Crippen LogP contribution >= 0.6 is 23.2 Å². The van der Waals surface area contributed by atoms with Gasteiger partial charge in [0, 0.05) is 11.9 Å². The first kappa shape index (κ1) is 14.7. The van der Waals surface area contributed by atoms with E-state index in [-0.39, 0.29) is 15.8 Å². The van der Waals surface area contributed by atoms with Gasteiger partial charge < -0.3 is 0 Å². The molecule has 1 aromatic rings. The number of halogens is 3. The lowest BCUT2D eigenvalue weighted by molar-refractivity contribution is 0.555. The van der Waals surface area contributed by atoms with Crippen molar-refractivity contribution in [3.05, 3.63) is 29.0 Å². The molecule has 0 amide bonds. The third kappa shape index (κ3) is 3.81. The standard InChI is InChI=1S/C10H12Cl2FNO2S/c1-2-8(6-11)14-17(15,16)10-5-7(13)3-4-9(10)12/h3-5,8,14H,2,6H2,1H3. The van der Waals surface area contributed by atoms with Crippen molar-refractivity contribution in [2.24, 2.45) is 0 Å². The zero-order valence-electron chi connectivity index (χ0n) is 9.08. The maximum atomic E-state index is 13.0. The van der Waals surface area contributed by atoms with Crippen molar-refractivity contribution in [2.75, 3.05) is 5.88 Å². The average molecular weight is 300 g/mol. The maximum absolute atomic E-state index is 13.0. The summed E-state index contributed by atoms with van der Waals surface area (Å²) in [6.07, 6.45) is 0.537. The molecule has 7 heteroatoms. The highest BCUT2D eigenvalue weighted by Crippen LogP contribution is 2.22. The molecular weight excluding hydrogens is 288 g/mol. The second kappa shape index (κ2) is 6.00. The number of hydrogen-bond donors (Lipinski definition) is 1. The van der Waals surface area contributed by atoms with Crippen molar-refractivity contribution >= 4 is 33.2 Å². The van der Waals surface area contributed by atoms with Gasteiger partial charge in [0.25, 0.3) is 0 Å². The number of nitrogens with one attached hydrogen (secondary N) is 1. The van der Waals surface area contributed by atoms with Crippen molar-refractivity contribution in [1.82, 2.24) is 4.72 Å². The summed E-state index contributed by atoms with van der Waals surface area (Å²) in [6, 6.07) is 2.78. The first-order valence-corrected chi connectivity index (χ1v) is 7.33. The van der Waals surface area contributed by atoms with Gasteiger partial charge in [-0.25, -0.2) is 17.5 Å². The molecule has 0 saturated carbocycles. The molecule has 96 valence electrons. The lowest BCUT2D eigenvalue weighted by atomic mass is 10.3. The van der Waals surface area contributed by atoms with E-state index in [0.717, 1.165) is 12.1 Å². The Morgan fingerprint density at radius 2 is 2.12 bits per heavy atom. The summed E-state index contributed by atoms with van der Waals surface area (Å²) in [6.45, 7) is 1.79. The van der Waals surface area contributed by atoms with Gasteiger partial charge in [0.15, 0.2) is 0 Å². The Morgan fingerprint density at radius 3 is 2.65 bits per heavy atom. The van der Waals surface area contributed by atoms with Gasteiger partial charge in [-0.05, 0) is 24.6 Å². The number of benzene rings is 1. The molecule has 1 rings (SSSR count). The smallest absolute Gasteiger partial charge is 0.207 e. The first-order chi connectivity index (χ1) is 7.90. The molecule has 1 unspecified atom stereocenters. The van der Waals surface area contributed by atoms with Gasteiger partial charge in [-0.1, -0.05) is 18.5 Å². The normalized spacial score (nSPS) is 13.6. The summed E-state index contributed by atoms with van der Waals surface area (Å²) in [5.74, 6) is -0.517. The highest BCUT2D eigenvalue weighted by atomic mass is 35.5. The monoisotopic (exact) mass is 299 g/mol. The number of rotatable bonds is 5. The van der Waals surface area contributed by atoms with Crippen LogP contribution in [0.2, 0.25) is 5.02 Å². The average Bonchev–Trinajstić information content (AvgIpc) is 2.29. The van der Waals surface area contributed by atoms with E-state index in [0.29, 0.717) is 6.42 Å². The molecular formula is C10H12Cl2FNO2S. The Kier molecular flexibility index (Phi) is 5.19. The molecule has 1 aromatic carbocycles. The van der Waals surface area contributed by atoms with E-state index < -0.39 is 21.9 Å². The molecule has 0 fully saturated rings. The third-order valence-electron chi connectivity index (χ3n) is 2.18. The van der Waals surface area contributed by atoms with E-state index in [2.05, 4.69) is 4.72 Å². The van der Waals surface area contributed by atoms with Crippen LogP contribution in [0.3, 0.4) is 0 Å². The van der Waals surface area contributed by atoms with E-state index in [1.165, 1.54) is 6.07 Å². The Hall–Kier alpha value is -0.360. The highest BCUT2D eigenvalue weighted by Gasteiger charge is 2.21. The minimum Gasteiger partial charge on any atom is -0.207 e. The SMILES string of the molecule is CCC(CCl)NS(=O)(=O)c1cc(F)ccc1Cl. The number of hydrogen-bond acceptors (Lipinski definition) is 2. The number of sulfonamides is 1. The van der Waals surface area contributed by atoms with Gasteiger partial charge in [0.1, 0.15) is 10.7 Å². The second-order valence-corrected chi connectivity index (χ2v) is 5.85. The van der Waals surface area contributed by atoms with Crippen LogP contribution in [0.25, 0.3) is 0 Å². The minimum absolute atomic E-state index is 0.0247. The van der Waals surface area contributed by atoms with Crippen molar-refractivity contribution in [2.45, 2.75) is 24.3 Å². The van der Waals surface area contributed by atoms with E-state index in [1.54, 1.807) is 6.92 Å². The lowest BCUT2D eigenvalue weighted by Gasteiger charge is -2.14. The van der Waals surface area contributed by atoms with E-state index in [1.807, 2.05) is 0 Å². The Morgan fingerprint density at radius 1 is 1.47 bits per heavy atom. The van der Waals surface area contributed by atoms with Crippen LogP contribution in [-0.4, -0.2) is 20.3 Å². The zero-order valence-corrected chi connectivity index (χ0v) is 11.4. The van der Waals surface area contributed by atoms with Crippen LogP contribution in [0.5, 0.6) is 0 Å². The van der Waals surface area contributed by atoms with Gasteiger partial charge in [-0.2, -0.15) is 0 Å². The molecule has 0 spiro atoms. The molecule has 3 nitrogen and oxygen atoms in total. The molecule has 0 aliphatic heterocycles. The summed E-state index contributed by atoms with van der Waals surface area (Å²) in [4.78, 5) is -0.275. The van der Waals surface area contributed by atoms with Gasteiger partial charge in [0.05, 0.1) is 5.02 Å². The Labute approximate surface area is 110 Å². The van der Waals surface area contributed by atoms with Crippen molar-refractivity contribution in [3.63, 3.8) is 0 Å². The number of alkyl halides is 1. The fourth-order valence-corrected chi connectivity index (χ4v) is 3.41. The summed E-state index contributed by atoms with van der Waals surface area (Å²) in [7, 11) is -3.84. The molecule has 0 aliphatic carbocycles. The van der Waals surface area contributed by atoms with Crippen molar-refractivity contribution < 1.29 is 12.8 Å². The quantitative estimate of drug-likeness (QED) is 0.850. The predicted molar refractivity (Wildman–Crippen MR) is 66.5 cm³/mol. The van der Waals surface area contributed by atoms with Crippen LogP contribution in [0.4, 0.5) is 4.39 Å². The second-order valence-electron chi connectivity index (χ2n) is 3.46. The van der Waals surface area contributed by atoms with Gasteiger partial charge in [0.2, 0.25) is 10.0 Å². The molecule has 0 aliphatic rings. The van der Waals surface area contributed by atoms with Crippen LogP contribution in [0.1, 0.15) is 13.3 Å². The summed E-state index contributed by atoms with van der Waals surface area (Å²) in [5, 5.41) is -0.0247. The molecule has 0 bridgehead atoms. The third-order valence-corrected chi connectivity index (χ3v) is 4.56. The summed E-state index contributed by atoms with van der Waals surface area (Å²) >= 11 is 11.3. The topological polar surface area (TPSA) is 46.2 Å². The van der Waals surface area contributed by atoms with E-state index in [4.69, 9.17) is 23.2 Å². The molecule has 0 heterocycles. The van der Waals surface area contributed by atoms with E-state index >= 15 is 0 Å². The zero-order chi connectivity index (χ0) is 13.1. The largest absolute Gasteiger partial charge is 0.242 e. The molecule has 0 aromatic heterocycles. The first-order valence-electron chi connectivity index (χ1n) is 4.94. The molecule has 0 saturated heterocycles. The highest BCUT2D eigenvalue weighted by molar-refractivity contribution is 7.89. The van der Waals surface area contributed by atoms with Crippen molar-refractivity contribution in [3.8, 4) is 0 Å². The maximum Gasteiger partial charge on any atom is 0.242 e. The molecule has 1 atom stereocenters. The molecule has 17 heavy (non-hydrogen) atoms. The molecule has 0 radical (unpaired) electrons. The Bertz CT molecular complexity index is 489. The fraction of sp³-hybridized carbons (Fsp3) is 0.400.